The topological polar surface area (TPSA) is 87.6 Å². The summed E-state index contributed by atoms with van der Waals surface area (Å²) >= 11 is 1.72. The second-order valence-corrected chi connectivity index (χ2v) is 10.8. The minimum absolute atomic E-state index is 0.00174. The minimum Gasteiger partial charge on any atom is -0.497 e. The standard InChI is InChI=1S/C29H26N2O4S/c1-28-12-13-29(35-28,14-15-36-20-7-5-6-19(16-20)34-2)25-24(28)26(32)31(27(25)33)23-11-10-18(17-30)21-8-3-4-9-22(21)23/h3-11,16,32-33H,12-15H2,1-2H3/t28-,29-/m0/s1. The molecule has 7 heteroatoms. The van der Waals surface area contributed by atoms with Gasteiger partial charge in [0.05, 0.1) is 41.2 Å². The monoisotopic (exact) mass is 498 g/mol. The molecule has 2 aliphatic rings. The summed E-state index contributed by atoms with van der Waals surface area (Å²) in [4.78, 5) is 1.11. The van der Waals surface area contributed by atoms with E-state index in [0.29, 0.717) is 28.8 Å². The van der Waals surface area contributed by atoms with E-state index < -0.39 is 11.2 Å². The molecular weight excluding hydrogens is 472 g/mol. The normalized spacial score (nSPS) is 22.0. The molecule has 1 saturated heterocycles. The van der Waals surface area contributed by atoms with E-state index in [0.717, 1.165) is 40.0 Å². The Balaban J connectivity index is 1.41. The van der Waals surface area contributed by atoms with Crippen LogP contribution in [0.1, 0.15) is 42.9 Å². The van der Waals surface area contributed by atoms with E-state index in [1.807, 2.05) is 49.4 Å². The number of fused-ring (bicyclic) bond motifs is 6. The van der Waals surface area contributed by atoms with Gasteiger partial charge in [-0.15, -0.1) is 11.8 Å². The molecule has 0 spiro atoms. The van der Waals surface area contributed by atoms with Crippen molar-refractivity contribution in [3.05, 3.63) is 77.4 Å². The predicted octanol–water partition coefficient (Wildman–Crippen LogP) is 6.34. The molecule has 3 aromatic carbocycles. The molecule has 1 aromatic heterocycles. The molecule has 2 atom stereocenters. The number of nitrogens with zero attached hydrogens (tertiary/aromatic N) is 2. The van der Waals surface area contributed by atoms with Crippen molar-refractivity contribution in [2.45, 2.75) is 42.3 Å². The van der Waals surface area contributed by atoms with Crippen LogP contribution >= 0.6 is 11.8 Å². The van der Waals surface area contributed by atoms with Crippen LogP contribution in [0.5, 0.6) is 17.5 Å². The fraction of sp³-hybridized carbons (Fsp3) is 0.276. The van der Waals surface area contributed by atoms with Gasteiger partial charge in [0.15, 0.2) is 0 Å². The second kappa shape index (κ2) is 8.22. The van der Waals surface area contributed by atoms with Gasteiger partial charge < -0.3 is 19.7 Å². The summed E-state index contributed by atoms with van der Waals surface area (Å²) in [5.74, 6) is 1.61. The molecular formula is C29H26N2O4S. The van der Waals surface area contributed by atoms with Crippen LogP contribution in [0.2, 0.25) is 0 Å². The summed E-state index contributed by atoms with van der Waals surface area (Å²) in [6.45, 7) is 2.00. The molecule has 2 bridgehead atoms. The van der Waals surface area contributed by atoms with Crippen LogP contribution in [0.4, 0.5) is 0 Å². The van der Waals surface area contributed by atoms with Crippen molar-refractivity contribution in [2.24, 2.45) is 0 Å². The number of hydrogen-bond acceptors (Lipinski definition) is 6. The van der Waals surface area contributed by atoms with Crippen molar-refractivity contribution in [1.29, 1.82) is 5.26 Å². The van der Waals surface area contributed by atoms with Gasteiger partial charge in [0, 0.05) is 21.4 Å². The lowest BCUT2D eigenvalue weighted by atomic mass is 9.78. The maximum atomic E-state index is 11.6. The molecule has 6 rings (SSSR count). The van der Waals surface area contributed by atoms with E-state index in [4.69, 9.17) is 9.47 Å². The molecule has 0 radical (unpaired) electrons. The van der Waals surface area contributed by atoms with E-state index >= 15 is 0 Å². The van der Waals surface area contributed by atoms with Crippen molar-refractivity contribution in [3.8, 4) is 29.3 Å². The molecule has 2 aliphatic heterocycles. The summed E-state index contributed by atoms with van der Waals surface area (Å²) in [7, 11) is 1.66. The summed E-state index contributed by atoms with van der Waals surface area (Å²) in [6.07, 6.45) is 2.25. The van der Waals surface area contributed by atoms with Gasteiger partial charge in [-0.05, 0) is 56.5 Å². The van der Waals surface area contributed by atoms with Gasteiger partial charge >= 0.3 is 0 Å². The van der Waals surface area contributed by atoms with Crippen LogP contribution in [0.15, 0.2) is 65.6 Å². The zero-order chi connectivity index (χ0) is 25.1. The number of ether oxygens (including phenoxy) is 2. The Morgan fingerprint density at radius 1 is 1.03 bits per heavy atom. The highest BCUT2D eigenvalue weighted by Crippen LogP contribution is 2.65. The maximum Gasteiger partial charge on any atom is 0.205 e. The Morgan fingerprint density at radius 3 is 2.58 bits per heavy atom. The lowest BCUT2D eigenvalue weighted by Crippen LogP contribution is -2.23. The Kier molecular flexibility index (Phi) is 5.22. The number of nitriles is 1. The first-order valence-electron chi connectivity index (χ1n) is 12.0. The van der Waals surface area contributed by atoms with Crippen LogP contribution in [0.25, 0.3) is 16.5 Å². The third kappa shape index (κ3) is 3.22. The third-order valence-corrected chi connectivity index (χ3v) is 8.61. The molecule has 0 saturated carbocycles. The molecule has 4 aromatic rings. The molecule has 6 nitrogen and oxygen atoms in total. The Morgan fingerprint density at radius 2 is 1.81 bits per heavy atom. The van der Waals surface area contributed by atoms with E-state index in [1.54, 1.807) is 31.0 Å². The first kappa shape index (κ1) is 22.8. The fourth-order valence-corrected chi connectivity index (χ4v) is 6.98. The number of thioether (sulfide) groups is 1. The third-order valence-electron chi connectivity index (χ3n) is 7.61. The lowest BCUT2D eigenvalue weighted by Gasteiger charge is -2.26. The van der Waals surface area contributed by atoms with Crippen LogP contribution in [-0.2, 0) is 15.9 Å². The van der Waals surface area contributed by atoms with Crippen molar-refractivity contribution in [2.75, 3.05) is 12.9 Å². The van der Waals surface area contributed by atoms with Gasteiger partial charge in [-0.25, -0.2) is 0 Å². The lowest BCUT2D eigenvalue weighted by molar-refractivity contribution is -0.0803. The number of benzene rings is 3. The smallest absolute Gasteiger partial charge is 0.205 e. The van der Waals surface area contributed by atoms with E-state index in [9.17, 15) is 15.5 Å². The maximum absolute atomic E-state index is 11.6. The number of aromatic hydroxyl groups is 2. The summed E-state index contributed by atoms with van der Waals surface area (Å²) < 4.78 is 13.5. The van der Waals surface area contributed by atoms with Crippen LogP contribution in [0, 0.1) is 11.3 Å². The number of hydrogen-bond donors (Lipinski definition) is 2. The number of rotatable bonds is 6. The molecule has 2 N–H and O–H groups in total. The molecule has 0 unspecified atom stereocenters. The average molecular weight is 499 g/mol. The summed E-state index contributed by atoms with van der Waals surface area (Å²) in [5.41, 5.74) is 1.22. The van der Waals surface area contributed by atoms with Crippen LogP contribution in [-0.4, -0.2) is 27.6 Å². The molecule has 0 amide bonds. The van der Waals surface area contributed by atoms with E-state index in [1.165, 1.54) is 4.57 Å². The van der Waals surface area contributed by atoms with Gasteiger partial charge in [-0.2, -0.15) is 5.26 Å². The minimum atomic E-state index is -0.662. The Labute approximate surface area is 213 Å². The highest BCUT2D eigenvalue weighted by Gasteiger charge is 2.61. The zero-order valence-electron chi connectivity index (χ0n) is 20.1. The van der Waals surface area contributed by atoms with Crippen LogP contribution < -0.4 is 4.74 Å². The first-order valence-corrected chi connectivity index (χ1v) is 13.0. The van der Waals surface area contributed by atoms with Crippen molar-refractivity contribution in [1.82, 2.24) is 4.57 Å². The quantitative estimate of drug-likeness (QED) is 0.302. The summed E-state index contributed by atoms with van der Waals surface area (Å²) in [6, 6.07) is 21.3. The van der Waals surface area contributed by atoms with Gasteiger partial charge in [0.2, 0.25) is 11.8 Å². The second-order valence-electron chi connectivity index (χ2n) is 9.63. The highest BCUT2D eigenvalue weighted by molar-refractivity contribution is 7.99. The fourth-order valence-electron chi connectivity index (χ4n) is 5.94. The highest BCUT2D eigenvalue weighted by atomic mass is 32.2. The average Bonchev–Trinajstić information content (AvgIpc) is 3.48. The molecule has 182 valence electrons. The van der Waals surface area contributed by atoms with Gasteiger partial charge in [-0.3, -0.25) is 4.57 Å². The largest absolute Gasteiger partial charge is 0.497 e. The Bertz CT molecular complexity index is 1560. The Hall–Kier alpha value is -3.60. The van der Waals surface area contributed by atoms with E-state index in [2.05, 4.69) is 12.1 Å². The summed E-state index contributed by atoms with van der Waals surface area (Å²) in [5, 5.41) is 34.2. The predicted molar refractivity (Wildman–Crippen MR) is 139 cm³/mol. The van der Waals surface area contributed by atoms with E-state index in [-0.39, 0.29) is 11.8 Å². The molecule has 3 heterocycles. The van der Waals surface area contributed by atoms with Gasteiger partial charge in [0.1, 0.15) is 11.4 Å². The number of methoxy groups -OCH3 is 1. The zero-order valence-corrected chi connectivity index (χ0v) is 20.9. The van der Waals surface area contributed by atoms with Crippen molar-refractivity contribution >= 4 is 22.5 Å². The van der Waals surface area contributed by atoms with Crippen LogP contribution in [0.3, 0.4) is 0 Å². The number of aromatic nitrogens is 1. The molecule has 0 aliphatic carbocycles. The molecule has 36 heavy (non-hydrogen) atoms. The van der Waals surface area contributed by atoms with Gasteiger partial charge in [0.25, 0.3) is 0 Å². The SMILES string of the molecule is COc1cccc(SCC[C@]23CC[C@](C)(O2)c2c3c(O)n(-c3ccc(C#N)c4ccccc34)c2O)c1. The first-order chi connectivity index (χ1) is 17.4. The molecule has 1 fully saturated rings. The van der Waals surface area contributed by atoms with Crippen molar-refractivity contribution in [3.63, 3.8) is 0 Å². The van der Waals surface area contributed by atoms with Gasteiger partial charge in [-0.1, -0.05) is 30.3 Å². The van der Waals surface area contributed by atoms with Crippen molar-refractivity contribution < 1.29 is 19.7 Å².